The average molecular weight is 445 g/mol. The van der Waals surface area contributed by atoms with Gasteiger partial charge in [-0.2, -0.15) is 13.2 Å². The minimum Gasteiger partial charge on any atom is -0.497 e. The van der Waals surface area contributed by atoms with Gasteiger partial charge in [0.15, 0.2) is 5.82 Å². The average Bonchev–Trinajstić information content (AvgIpc) is 3.23. The van der Waals surface area contributed by atoms with Crippen LogP contribution < -0.4 is 4.74 Å². The number of piperidine rings is 1. The maximum atomic E-state index is 13.4. The minimum atomic E-state index is -4.41. The predicted octanol–water partition coefficient (Wildman–Crippen LogP) is 4.57. The van der Waals surface area contributed by atoms with E-state index < -0.39 is 17.8 Å². The number of tetrazole rings is 1. The van der Waals surface area contributed by atoms with Crippen LogP contribution in [0.5, 0.6) is 5.75 Å². The molecule has 0 spiro atoms. The summed E-state index contributed by atoms with van der Waals surface area (Å²) in [6, 6.07) is 12.6. The fraction of sp³-hybridized carbons (Fsp3) is 0.435. The number of hydrogen-bond donors (Lipinski definition) is 0. The number of benzene rings is 2. The van der Waals surface area contributed by atoms with Crippen molar-refractivity contribution >= 4 is 0 Å². The number of likely N-dealkylation sites (tertiary alicyclic amines) is 1. The van der Waals surface area contributed by atoms with Crippen LogP contribution in [0.4, 0.5) is 13.2 Å². The highest BCUT2D eigenvalue weighted by atomic mass is 19.4. The topological polar surface area (TPSA) is 56.1 Å². The van der Waals surface area contributed by atoms with E-state index in [1.165, 1.54) is 12.1 Å². The van der Waals surface area contributed by atoms with Crippen LogP contribution in [0.3, 0.4) is 0 Å². The molecular weight excluding hydrogens is 419 g/mol. The van der Waals surface area contributed by atoms with Gasteiger partial charge in [-0.15, -0.1) is 5.10 Å². The zero-order valence-electron chi connectivity index (χ0n) is 18.1. The Morgan fingerprint density at radius 2 is 1.81 bits per heavy atom. The molecule has 1 aliphatic heterocycles. The standard InChI is InChI=1S/C23H26F3N5O/c1-16-10-12-30(13-11-16)21(18-4-3-5-19(14-18)23(24,25)26)22-27-28-29-31(22)15-17-6-8-20(32-2)9-7-17/h3-9,14,16,21H,10-13,15H2,1-2H3/t21-/m1/s1. The molecule has 1 atom stereocenters. The predicted molar refractivity (Wildman–Crippen MR) is 113 cm³/mol. The molecule has 0 amide bonds. The van der Waals surface area contributed by atoms with Gasteiger partial charge in [-0.25, -0.2) is 4.68 Å². The molecule has 170 valence electrons. The normalized spacial score (nSPS) is 16.8. The number of methoxy groups -OCH3 is 1. The van der Waals surface area contributed by atoms with Crippen LogP contribution in [0.2, 0.25) is 0 Å². The SMILES string of the molecule is COc1ccc(Cn2nnnc2[C@@H](c2cccc(C(F)(F)F)c2)N2CCC(C)CC2)cc1. The molecule has 0 unspecified atom stereocenters. The summed E-state index contributed by atoms with van der Waals surface area (Å²) in [5, 5.41) is 12.3. The van der Waals surface area contributed by atoms with Crippen molar-refractivity contribution in [1.29, 1.82) is 0 Å². The molecule has 9 heteroatoms. The third kappa shape index (κ3) is 4.93. The molecule has 0 bridgehead atoms. The first kappa shape index (κ1) is 22.3. The lowest BCUT2D eigenvalue weighted by molar-refractivity contribution is -0.137. The summed E-state index contributed by atoms with van der Waals surface area (Å²) >= 11 is 0. The zero-order valence-corrected chi connectivity index (χ0v) is 18.1. The van der Waals surface area contributed by atoms with Crippen LogP contribution in [0, 0.1) is 5.92 Å². The second-order valence-electron chi connectivity index (χ2n) is 8.29. The van der Waals surface area contributed by atoms with Gasteiger partial charge in [0.25, 0.3) is 0 Å². The third-order valence-corrected chi connectivity index (χ3v) is 6.01. The van der Waals surface area contributed by atoms with Crippen molar-refractivity contribution in [1.82, 2.24) is 25.1 Å². The highest BCUT2D eigenvalue weighted by molar-refractivity contribution is 5.32. The number of halogens is 3. The molecule has 1 aromatic heterocycles. The quantitative estimate of drug-likeness (QED) is 0.556. The van der Waals surface area contributed by atoms with Crippen LogP contribution in [0.1, 0.15) is 48.3 Å². The van der Waals surface area contributed by atoms with E-state index >= 15 is 0 Å². The van der Waals surface area contributed by atoms with Crippen molar-refractivity contribution in [3.63, 3.8) is 0 Å². The van der Waals surface area contributed by atoms with E-state index in [0.717, 1.165) is 43.3 Å². The largest absolute Gasteiger partial charge is 0.497 e. The van der Waals surface area contributed by atoms with Crippen LogP contribution in [0.25, 0.3) is 0 Å². The Balaban J connectivity index is 1.70. The molecule has 0 aliphatic carbocycles. The van der Waals surface area contributed by atoms with Crippen molar-refractivity contribution in [3.05, 3.63) is 71.0 Å². The molecule has 1 saturated heterocycles. The van der Waals surface area contributed by atoms with Crippen molar-refractivity contribution < 1.29 is 17.9 Å². The first-order valence-electron chi connectivity index (χ1n) is 10.7. The van der Waals surface area contributed by atoms with Crippen molar-refractivity contribution in [3.8, 4) is 5.75 Å². The number of alkyl halides is 3. The molecule has 2 heterocycles. The van der Waals surface area contributed by atoms with Crippen LogP contribution in [-0.4, -0.2) is 45.3 Å². The summed E-state index contributed by atoms with van der Waals surface area (Å²) in [5.41, 5.74) is 0.842. The maximum absolute atomic E-state index is 13.4. The van der Waals surface area contributed by atoms with Crippen LogP contribution in [0.15, 0.2) is 48.5 Å². The van der Waals surface area contributed by atoms with E-state index in [9.17, 15) is 13.2 Å². The number of hydrogen-bond acceptors (Lipinski definition) is 5. The summed E-state index contributed by atoms with van der Waals surface area (Å²) in [6.45, 7) is 4.16. The summed E-state index contributed by atoms with van der Waals surface area (Å²) in [4.78, 5) is 2.19. The second kappa shape index (κ2) is 9.28. The van der Waals surface area contributed by atoms with Gasteiger partial charge in [0.2, 0.25) is 0 Å². The number of ether oxygens (including phenoxy) is 1. The first-order valence-corrected chi connectivity index (χ1v) is 10.7. The summed E-state index contributed by atoms with van der Waals surface area (Å²) in [6.07, 6.45) is -2.45. The van der Waals surface area contributed by atoms with Crippen molar-refractivity contribution in [2.75, 3.05) is 20.2 Å². The van der Waals surface area contributed by atoms with Crippen molar-refractivity contribution in [2.24, 2.45) is 5.92 Å². The number of nitrogens with zero attached hydrogens (tertiary/aromatic N) is 5. The molecule has 0 saturated carbocycles. The minimum absolute atomic E-state index is 0.409. The van der Waals surface area contributed by atoms with Gasteiger partial charge >= 0.3 is 6.18 Å². The van der Waals surface area contributed by atoms with Crippen molar-refractivity contribution in [2.45, 2.75) is 38.5 Å². The summed E-state index contributed by atoms with van der Waals surface area (Å²) < 4.78 is 47.2. The van der Waals surface area contributed by atoms with Gasteiger partial charge in [0.1, 0.15) is 5.75 Å². The zero-order chi connectivity index (χ0) is 22.7. The third-order valence-electron chi connectivity index (χ3n) is 6.01. The molecule has 32 heavy (non-hydrogen) atoms. The Morgan fingerprint density at radius 3 is 2.47 bits per heavy atom. The lowest BCUT2D eigenvalue weighted by atomic mass is 9.94. The van der Waals surface area contributed by atoms with Crippen LogP contribution >= 0.6 is 0 Å². The molecule has 1 fully saturated rings. The Labute approximate surface area is 185 Å². The van der Waals surface area contributed by atoms with Gasteiger partial charge < -0.3 is 4.74 Å². The number of rotatable bonds is 6. The molecule has 4 rings (SSSR count). The second-order valence-corrected chi connectivity index (χ2v) is 8.29. The van der Waals surface area contributed by atoms with Gasteiger partial charge in [-0.05, 0) is 77.7 Å². The van der Waals surface area contributed by atoms with E-state index in [2.05, 4.69) is 27.3 Å². The molecule has 0 N–H and O–H groups in total. The van der Waals surface area contributed by atoms with E-state index in [1.807, 2.05) is 24.3 Å². The summed E-state index contributed by atoms with van der Waals surface area (Å²) in [7, 11) is 1.60. The first-order chi connectivity index (χ1) is 15.3. The highest BCUT2D eigenvalue weighted by Crippen LogP contribution is 2.35. The monoisotopic (exact) mass is 445 g/mol. The molecule has 0 radical (unpaired) electrons. The van der Waals surface area contributed by atoms with Gasteiger partial charge in [-0.3, -0.25) is 4.90 Å². The van der Waals surface area contributed by atoms with E-state index in [0.29, 0.717) is 23.9 Å². The van der Waals surface area contributed by atoms with E-state index in [1.54, 1.807) is 17.9 Å². The fourth-order valence-electron chi connectivity index (χ4n) is 4.12. The Kier molecular flexibility index (Phi) is 6.45. The molecule has 2 aromatic carbocycles. The molecule has 6 nitrogen and oxygen atoms in total. The molecular formula is C23H26F3N5O. The van der Waals surface area contributed by atoms with E-state index in [-0.39, 0.29) is 0 Å². The molecule has 1 aliphatic rings. The van der Waals surface area contributed by atoms with Crippen LogP contribution in [-0.2, 0) is 12.7 Å². The van der Waals surface area contributed by atoms with Gasteiger partial charge in [0.05, 0.1) is 25.3 Å². The Hall–Kier alpha value is -2.94. The fourth-order valence-corrected chi connectivity index (χ4v) is 4.12. The Bertz CT molecular complexity index is 1030. The smallest absolute Gasteiger partial charge is 0.416 e. The lowest BCUT2D eigenvalue weighted by Gasteiger charge is -2.36. The lowest BCUT2D eigenvalue weighted by Crippen LogP contribution is -2.38. The molecule has 3 aromatic rings. The Morgan fingerprint density at radius 1 is 1.09 bits per heavy atom. The maximum Gasteiger partial charge on any atom is 0.416 e. The van der Waals surface area contributed by atoms with E-state index in [4.69, 9.17) is 4.74 Å². The highest BCUT2D eigenvalue weighted by Gasteiger charge is 2.34. The number of aromatic nitrogens is 4. The van der Waals surface area contributed by atoms with Gasteiger partial charge in [-0.1, -0.05) is 31.2 Å². The summed E-state index contributed by atoms with van der Waals surface area (Å²) in [5.74, 6) is 1.87. The van der Waals surface area contributed by atoms with Gasteiger partial charge in [0, 0.05) is 0 Å².